The molecule has 0 radical (unpaired) electrons. The lowest BCUT2D eigenvalue weighted by Crippen LogP contribution is -2.44. The van der Waals surface area contributed by atoms with Crippen LogP contribution in [0.2, 0.25) is 0 Å². The first-order valence-electron chi connectivity index (χ1n) is 6.30. The molecule has 1 heterocycles. The van der Waals surface area contributed by atoms with Crippen LogP contribution in [-0.4, -0.2) is 38.6 Å². The molecule has 0 aliphatic rings. The number of hydrogen-bond donors (Lipinski definition) is 2. The van der Waals surface area contributed by atoms with Crippen molar-refractivity contribution in [3.8, 4) is 0 Å². The Balaban J connectivity index is 2.73. The largest absolute Gasteiger partial charge is 0.480 e. The number of amides is 1. The lowest BCUT2D eigenvalue weighted by Gasteiger charge is -2.22. The Morgan fingerprint density at radius 1 is 1.50 bits per heavy atom. The second kappa shape index (κ2) is 5.94. The first kappa shape index (κ1) is 16.0. The van der Waals surface area contributed by atoms with E-state index in [-0.39, 0.29) is 6.42 Å². The van der Waals surface area contributed by atoms with E-state index in [4.69, 9.17) is 4.74 Å². The van der Waals surface area contributed by atoms with E-state index in [1.807, 2.05) is 6.92 Å². The summed E-state index contributed by atoms with van der Waals surface area (Å²) in [6.45, 7) is 6.97. The van der Waals surface area contributed by atoms with Gasteiger partial charge in [-0.05, 0) is 33.8 Å². The van der Waals surface area contributed by atoms with E-state index in [1.165, 1.54) is 0 Å². The summed E-state index contributed by atoms with van der Waals surface area (Å²) in [6.07, 6.45) is -0.602. The number of carboxylic acid groups (broad SMARTS) is 1. The van der Waals surface area contributed by atoms with Crippen LogP contribution < -0.4 is 5.32 Å². The van der Waals surface area contributed by atoms with Crippen molar-refractivity contribution in [3.63, 3.8) is 0 Å². The zero-order chi connectivity index (χ0) is 15.5. The standard InChI is InChI=1S/C13H21N3O4/c1-8-6-9(16(5)15-8)7-10(11(17)18)14-12(19)20-13(2,3)4/h6,10H,7H2,1-5H3,(H,14,19)(H,17,18)/t10-/m0/s1. The van der Waals surface area contributed by atoms with E-state index in [9.17, 15) is 14.7 Å². The Kier molecular flexibility index (Phi) is 4.75. The smallest absolute Gasteiger partial charge is 0.408 e. The summed E-state index contributed by atoms with van der Waals surface area (Å²) in [5.41, 5.74) is 0.853. The second-order valence-corrected chi connectivity index (χ2v) is 5.64. The number of nitrogens with zero attached hydrogens (tertiary/aromatic N) is 2. The summed E-state index contributed by atoms with van der Waals surface area (Å²) in [5, 5.41) is 15.7. The van der Waals surface area contributed by atoms with Gasteiger partial charge in [0.25, 0.3) is 0 Å². The van der Waals surface area contributed by atoms with E-state index < -0.39 is 23.7 Å². The van der Waals surface area contributed by atoms with Crippen molar-refractivity contribution in [2.75, 3.05) is 0 Å². The Morgan fingerprint density at radius 3 is 2.50 bits per heavy atom. The molecular weight excluding hydrogens is 262 g/mol. The SMILES string of the molecule is Cc1cc(C[C@H](NC(=O)OC(C)(C)C)C(=O)O)n(C)n1. The van der Waals surface area contributed by atoms with Crippen LogP contribution >= 0.6 is 0 Å². The number of aliphatic carboxylic acids is 1. The van der Waals surface area contributed by atoms with Crippen molar-refractivity contribution >= 4 is 12.1 Å². The Morgan fingerprint density at radius 2 is 2.10 bits per heavy atom. The highest BCUT2D eigenvalue weighted by Gasteiger charge is 2.25. The first-order chi connectivity index (χ1) is 9.08. The van der Waals surface area contributed by atoms with Crippen molar-refractivity contribution in [1.29, 1.82) is 0 Å². The van der Waals surface area contributed by atoms with Gasteiger partial charge in [0.15, 0.2) is 0 Å². The summed E-state index contributed by atoms with van der Waals surface area (Å²) < 4.78 is 6.65. The zero-order valence-electron chi connectivity index (χ0n) is 12.4. The van der Waals surface area contributed by atoms with Crippen molar-refractivity contribution in [1.82, 2.24) is 15.1 Å². The van der Waals surface area contributed by atoms with Crippen LogP contribution in [0.1, 0.15) is 32.2 Å². The fourth-order valence-electron chi connectivity index (χ4n) is 1.71. The molecule has 0 aromatic carbocycles. The van der Waals surface area contributed by atoms with Crippen molar-refractivity contribution in [3.05, 3.63) is 17.5 Å². The fourth-order valence-corrected chi connectivity index (χ4v) is 1.71. The number of alkyl carbamates (subject to hydrolysis) is 1. The van der Waals surface area contributed by atoms with Crippen LogP contribution in [0.4, 0.5) is 4.79 Å². The number of carbonyl (C=O) groups excluding carboxylic acids is 1. The quantitative estimate of drug-likeness (QED) is 0.867. The van der Waals surface area contributed by atoms with E-state index >= 15 is 0 Å². The van der Waals surface area contributed by atoms with Crippen molar-refractivity contribution in [2.45, 2.75) is 45.8 Å². The Labute approximate surface area is 117 Å². The Hall–Kier alpha value is -2.05. The number of hydrogen-bond acceptors (Lipinski definition) is 4. The normalized spacial score (nSPS) is 12.8. The molecule has 0 unspecified atom stereocenters. The highest BCUT2D eigenvalue weighted by atomic mass is 16.6. The predicted molar refractivity (Wildman–Crippen MR) is 72.4 cm³/mol. The van der Waals surface area contributed by atoms with Crippen LogP contribution in [0, 0.1) is 6.92 Å². The monoisotopic (exact) mass is 283 g/mol. The van der Waals surface area contributed by atoms with Gasteiger partial charge in [-0.3, -0.25) is 4.68 Å². The molecule has 2 N–H and O–H groups in total. The average Bonchev–Trinajstić information content (AvgIpc) is 2.53. The van der Waals surface area contributed by atoms with Crippen molar-refractivity contribution in [2.24, 2.45) is 7.05 Å². The average molecular weight is 283 g/mol. The predicted octanol–water partition coefficient (Wildman–Crippen LogP) is 1.25. The maximum atomic E-state index is 11.6. The molecule has 1 aromatic heterocycles. The molecule has 1 aromatic rings. The van der Waals surface area contributed by atoms with Gasteiger partial charge in [0.1, 0.15) is 11.6 Å². The van der Waals surface area contributed by atoms with E-state index in [1.54, 1.807) is 38.6 Å². The number of nitrogens with one attached hydrogen (secondary N) is 1. The van der Waals surface area contributed by atoms with Gasteiger partial charge in [0.05, 0.1) is 5.69 Å². The fraction of sp³-hybridized carbons (Fsp3) is 0.615. The lowest BCUT2D eigenvalue weighted by molar-refractivity contribution is -0.139. The first-order valence-corrected chi connectivity index (χ1v) is 6.30. The third-order valence-corrected chi connectivity index (χ3v) is 2.50. The number of ether oxygens (including phenoxy) is 1. The van der Waals surface area contributed by atoms with Gasteiger partial charge in [-0.15, -0.1) is 0 Å². The molecule has 0 saturated heterocycles. The molecule has 0 saturated carbocycles. The van der Waals surface area contributed by atoms with Gasteiger partial charge in [-0.2, -0.15) is 5.10 Å². The minimum atomic E-state index is -1.12. The summed E-state index contributed by atoms with van der Waals surface area (Å²) in [7, 11) is 1.73. The number of rotatable bonds is 4. The molecule has 0 bridgehead atoms. The number of carbonyl (C=O) groups is 2. The molecule has 0 fully saturated rings. The molecule has 7 heteroatoms. The van der Waals surface area contributed by atoms with Gasteiger partial charge in [0, 0.05) is 19.2 Å². The third-order valence-electron chi connectivity index (χ3n) is 2.50. The maximum absolute atomic E-state index is 11.6. The van der Waals surface area contributed by atoms with Crippen LogP contribution in [0.25, 0.3) is 0 Å². The summed E-state index contributed by atoms with van der Waals surface area (Å²) in [5.74, 6) is -1.12. The molecule has 1 atom stereocenters. The highest BCUT2D eigenvalue weighted by molar-refractivity contribution is 5.80. The minimum absolute atomic E-state index is 0.145. The van der Waals surface area contributed by atoms with E-state index in [2.05, 4.69) is 10.4 Å². The number of carboxylic acids is 1. The molecule has 112 valence electrons. The molecule has 0 aliphatic carbocycles. The topological polar surface area (TPSA) is 93.5 Å². The molecule has 7 nitrogen and oxygen atoms in total. The van der Waals surface area contributed by atoms with Crippen molar-refractivity contribution < 1.29 is 19.4 Å². The molecule has 20 heavy (non-hydrogen) atoms. The third kappa shape index (κ3) is 4.91. The van der Waals surface area contributed by atoms with E-state index in [0.29, 0.717) is 0 Å². The summed E-state index contributed by atoms with van der Waals surface area (Å²) in [6, 6.07) is 0.729. The van der Waals surface area contributed by atoms with E-state index in [0.717, 1.165) is 11.4 Å². The van der Waals surface area contributed by atoms with Gasteiger partial charge < -0.3 is 15.2 Å². The summed E-state index contributed by atoms with van der Waals surface area (Å²) >= 11 is 0. The van der Waals surface area contributed by atoms with Gasteiger partial charge >= 0.3 is 12.1 Å². The van der Waals surface area contributed by atoms with Crippen LogP contribution in [0.15, 0.2) is 6.07 Å². The van der Waals surface area contributed by atoms with Gasteiger partial charge in [-0.25, -0.2) is 9.59 Å². The van der Waals surface area contributed by atoms with Crippen LogP contribution in [0.5, 0.6) is 0 Å². The molecular formula is C13H21N3O4. The number of aryl methyl sites for hydroxylation is 2. The number of aromatic nitrogens is 2. The van der Waals surface area contributed by atoms with Gasteiger partial charge in [0.2, 0.25) is 0 Å². The lowest BCUT2D eigenvalue weighted by atomic mass is 10.1. The molecule has 1 rings (SSSR count). The second-order valence-electron chi connectivity index (χ2n) is 5.64. The molecule has 0 spiro atoms. The molecule has 0 aliphatic heterocycles. The Bertz CT molecular complexity index is 502. The molecule has 1 amide bonds. The summed E-state index contributed by atoms with van der Waals surface area (Å²) in [4.78, 5) is 22.9. The van der Waals surface area contributed by atoms with Crippen LogP contribution in [-0.2, 0) is 23.0 Å². The zero-order valence-corrected chi connectivity index (χ0v) is 12.4. The highest BCUT2D eigenvalue weighted by Crippen LogP contribution is 2.09. The van der Waals surface area contributed by atoms with Crippen LogP contribution in [0.3, 0.4) is 0 Å². The minimum Gasteiger partial charge on any atom is -0.480 e. The van der Waals surface area contributed by atoms with Gasteiger partial charge in [-0.1, -0.05) is 0 Å². The maximum Gasteiger partial charge on any atom is 0.408 e.